The predicted molar refractivity (Wildman–Crippen MR) is 79.8 cm³/mol. The zero-order chi connectivity index (χ0) is 15.4. The summed E-state index contributed by atoms with van der Waals surface area (Å²) in [7, 11) is 1.51. The molecule has 0 saturated carbocycles. The van der Waals surface area contributed by atoms with E-state index in [4.69, 9.17) is 16.2 Å². The number of nitrogen functional groups attached to an aromatic ring is 1. The van der Waals surface area contributed by atoms with Crippen LogP contribution in [0.5, 0.6) is 5.75 Å². The fraction of sp³-hybridized carbons (Fsp3) is 0.429. The van der Waals surface area contributed by atoms with Crippen LogP contribution in [0.15, 0.2) is 18.2 Å². The Balaban J connectivity index is 2.00. The van der Waals surface area contributed by atoms with Gasteiger partial charge in [-0.25, -0.2) is 0 Å². The van der Waals surface area contributed by atoms with Crippen molar-refractivity contribution >= 4 is 23.2 Å². The smallest absolute Gasteiger partial charge is 0.238 e. The van der Waals surface area contributed by atoms with Gasteiger partial charge in [0.15, 0.2) is 0 Å². The van der Waals surface area contributed by atoms with Gasteiger partial charge in [0.05, 0.1) is 25.4 Å². The van der Waals surface area contributed by atoms with E-state index >= 15 is 0 Å². The van der Waals surface area contributed by atoms with E-state index in [9.17, 15) is 9.59 Å². The number of amides is 2. The molecule has 1 aliphatic heterocycles. The van der Waals surface area contributed by atoms with Crippen molar-refractivity contribution in [2.24, 2.45) is 5.73 Å². The number of primary amides is 1. The summed E-state index contributed by atoms with van der Waals surface area (Å²) < 4.78 is 5.17. The number of likely N-dealkylation sites (tertiary alicyclic amines) is 1. The molecule has 1 unspecified atom stereocenters. The van der Waals surface area contributed by atoms with Gasteiger partial charge < -0.3 is 21.5 Å². The Hall–Kier alpha value is -2.28. The molecule has 1 aliphatic rings. The van der Waals surface area contributed by atoms with Gasteiger partial charge in [-0.3, -0.25) is 14.5 Å². The van der Waals surface area contributed by atoms with Crippen molar-refractivity contribution in [3.05, 3.63) is 18.2 Å². The Morgan fingerprint density at radius 3 is 2.90 bits per heavy atom. The molecule has 5 N–H and O–H groups in total. The molecule has 0 aromatic heterocycles. The molecular weight excluding hydrogens is 272 g/mol. The largest absolute Gasteiger partial charge is 0.494 e. The van der Waals surface area contributed by atoms with Crippen LogP contribution in [-0.4, -0.2) is 43.0 Å². The standard InChI is InChI=1S/C14H20N4O3/c1-21-12-7-9(15)4-5-10(12)17-13(19)8-18-6-2-3-11(18)14(16)20/h4-5,7,11H,2-3,6,8,15H2,1H3,(H2,16,20)(H,17,19). The second-order valence-electron chi connectivity index (χ2n) is 5.04. The Morgan fingerprint density at radius 1 is 1.48 bits per heavy atom. The van der Waals surface area contributed by atoms with E-state index in [2.05, 4.69) is 5.32 Å². The number of methoxy groups -OCH3 is 1. The van der Waals surface area contributed by atoms with Crippen LogP contribution in [0, 0.1) is 0 Å². The zero-order valence-corrected chi connectivity index (χ0v) is 12.0. The Morgan fingerprint density at radius 2 is 2.24 bits per heavy atom. The van der Waals surface area contributed by atoms with E-state index in [1.807, 2.05) is 0 Å². The quantitative estimate of drug-likeness (QED) is 0.670. The van der Waals surface area contributed by atoms with Gasteiger partial charge in [-0.1, -0.05) is 0 Å². The molecule has 1 aromatic carbocycles. The minimum Gasteiger partial charge on any atom is -0.494 e. The van der Waals surface area contributed by atoms with E-state index in [-0.39, 0.29) is 24.4 Å². The first kappa shape index (κ1) is 15.1. The van der Waals surface area contributed by atoms with Gasteiger partial charge in [0.25, 0.3) is 0 Å². The highest BCUT2D eigenvalue weighted by Crippen LogP contribution is 2.26. The predicted octanol–water partition coefficient (Wildman–Crippen LogP) is 0.166. The molecule has 0 radical (unpaired) electrons. The number of anilines is 2. The molecule has 2 amide bonds. The molecule has 1 saturated heterocycles. The van der Waals surface area contributed by atoms with Crippen molar-refractivity contribution in [1.82, 2.24) is 4.90 Å². The van der Waals surface area contributed by atoms with E-state index in [1.54, 1.807) is 23.1 Å². The van der Waals surface area contributed by atoms with Gasteiger partial charge in [-0.2, -0.15) is 0 Å². The zero-order valence-electron chi connectivity index (χ0n) is 12.0. The first-order valence-electron chi connectivity index (χ1n) is 6.78. The third-order valence-electron chi connectivity index (χ3n) is 3.54. The number of carbonyl (C=O) groups is 2. The number of hydrogen-bond acceptors (Lipinski definition) is 5. The first-order chi connectivity index (χ1) is 10.0. The van der Waals surface area contributed by atoms with Crippen molar-refractivity contribution in [3.63, 3.8) is 0 Å². The summed E-state index contributed by atoms with van der Waals surface area (Å²) in [6.45, 7) is 0.820. The lowest BCUT2D eigenvalue weighted by Crippen LogP contribution is -2.43. The molecule has 114 valence electrons. The molecule has 1 aromatic rings. The normalized spacial score (nSPS) is 18.4. The van der Waals surface area contributed by atoms with Crippen LogP contribution in [0.4, 0.5) is 11.4 Å². The molecule has 2 rings (SSSR count). The van der Waals surface area contributed by atoms with Crippen molar-refractivity contribution in [3.8, 4) is 5.75 Å². The van der Waals surface area contributed by atoms with Crippen LogP contribution < -0.4 is 21.5 Å². The molecule has 7 nitrogen and oxygen atoms in total. The van der Waals surface area contributed by atoms with Gasteiger partial charge in [-0.15, -0.1) is 0 Å². The Labute approximate surface area is 123 Å². The maximum atomic E-state index is 12.1. The van der Waals surface area contributed by atoms with E-state index in [0.717, 1.165) is 6.42 Å². The molecule has 21 heavy (non-hydrogen) atoms. The number of rotatable bonds is 5. The number of nitrogens with zero attached hydrogens (tertiary/aromatic N) is 1. The monoisotopic (exact) mass is 292 g/mol. The molecular formula is C14H20N4O3. The first-order valence-corrected chi connectivity index (χ1v) is 6.78. The number of nitrogens with two attached hydrogens (primary N) is 2. The fourth-order valence-corrected chi connectivity index (χ4v) is 2.52. The SMILES string of the molecule is COc1cc(N)ccc1NC(=O)CN1CCCC1C(N)=O. The number of carbonyl (C=O) groups excluding carboxylic acids is 2. The second kappa shape index (κ2) is 6.45. The van der Waals surface area contributed by atoms with Gasteiger partial charge in [-0.05, 0) is 31.5 Å². The van der Waals surface area contributed by atoms with E-state index < -0.39 is 0 Å². The summed E-state index contributed by atoms with van der Waals surface area (Å²) in [6.07, 6.45) is 1.57. The molecule has 0 aliphatic carbocycles. The van der Waals surface area contributed by atoms with Crippen molar-refractivity contribution in [2.45, 2.75) is 18.9 Å². The maximum Gasteiger partial charge on any atom is 0.238 e. The summed E-state index contributed by atoms with van der Waals surface area (Å²) >= 11 is 0. The number of benzene rings is 1. The molecule has 1 fully saturated rings. The van der Waals surface area contributed by atoms with Crippen LogP contribution in [0.25, 0.3) is 0 Å². The summed E-state index contributed by atoms with van der Waals surface area (Å²) in [5.74, 6) is -0.104. The highest BCUT2D eigenvalue weighted by molar-refractivity contribution is 5.94. The lowest BCUT2D eigenvalue weighted by Gasteiger charge is -2.21. The summed E-state index contributed by atoms with van der Waals surface area (Å²) in [5, 5.41) is 2.76. The van der Waals surface area contributed by atoms with Crippen LogP contribution >= 0.6 is 0 Å². The summed E-state index contributed by atoms with van der Waals surface area (Å²) in [5.41, 5.74) is 12.1. The van der Waals surface area contributed by atoms with Crippen LogP contribution in [0.1, 0.15) is 12.8 Å². The fourth-order valence-electron chi connectivity index (χ4n) is 2.52. The topological polar surface area (TPSA) is 111 Å². The molecule has 0 spiro atoms. The third-order valence-corrected chi connectivity index (χ3v) is 3.54. The summed E-state index contributed by atoms with van der Waals surface area (Å²) in [6, 6.07) is 4.64. The molecule has 0 bridgehead atoms. The van der Waals surface area contributed by atoms with Gasteiger partial charge in [0, 0.05) is 11.8 Å². The maximum absolute atomic E-state index is 12.1. The van der Waals surface area contributed by atoms with Crippen LogP contribution in [0.2, 0.25) is 0 Å². The van der Waals surface area contributed by atoms with Gasteiger partial charge in [0.2, 0.25) is 11.8 Å². The molecule has 7 heteroatoms. The Kier molecular flexibility index (Phi) is 4.64. The average molecular weight is 292 g/mol. The van der Waals surface area contributed by atoms with E-state index in [0.29, 0.717) is 30.1 Å². The van der Waals surface area contributed by atoms with E-state index in [1.165, 1.54) is 7.11 Å². The highest BCUT2D eigenvalue weighted by atomic mass is 16.5. The third kappa shape index (κ3) is 3.63. The lowest BCUT2D eigenvalue weighted by molar-refractivity contribution is -0.123. The van der Waals surface area contributed by atoms with Gasteiger partial charge in [0.1, 0.15) is 5.75 Å². The van der Waals surface area contributed by atoms with Crippen LogP contribution in [-0.2, 0) is 9.59 Å². The van der Waals surface area contributed by atoms with Crippen molar-refractivity contribution in [2.75, 3.05) is 31.2 Å². The minimum absolute atomic E-state index is 0.126. The average Bonchev–Trinajstić information content (AvgIpc) is 2.89. The number of nitrogens with one attached hydrogen (secondary N) is 1. The lowest BCUT2D eigenvalue weighted by atomic mass is 10.2. The van der Waals surface area contributed by atoms with Crippen molar-refractivity contribution in [1.29, 1.82) is 0 Å². The van der Waals surface area contributed by atoms with Crippen molar-refractivity contribution < 1.29 is 14.3 Å². The highest BCUT2D eigenvalue weighted by Gasteiger charge is 2.30. The number of hydrogen-bond donors (Lipinski definition) is 3. The molecule has 1 heterocycles. The summed E-state index contributed by atoms with van der Waals surface area (Å²) in [4.78, 5) is 25.2. The Bertz CT molecular complexity index is 547. The molecule has 1 atom stereocenters. The minimum atomic E-state index is -0.384. The van der Waals surface area contributed by atoms with Crippen LogP contribution in [0.3, 0.4) is 0 Å². The second-order valence-corrected chi connectivity index (χ2v) is 5.04. The number of ether oxygens (including phenoxy) is 1. The van der Waals surface area contributed by atoms with Gasteiger partial charge >= 0.3 is 0 Å².